The van der Waals surface area contributed by atoms with E-state index in [2.05, 4.69) is 45.5 Å². The molecular formula is C15H18BrFN2. The highest BCUT2D eigenvalue weighted by atomic mass is 79.9. The summed E-state index contributed by atoms with van der Waals surface area (Å²) in [6.07, 6.45) is 3.88. The Morgan fingerprint density at radius 3 is 2.79 bits per heavy atom. The average Bonchev–Trinajstić information content (AvgIpc) is 2.65. The van der Waals surface area contributed by atoms with Crippen molar-refractivity contribution >= 4 is 33.0 Å². The first-order valence-electron chi connectivity index (χ1n) is 6.50. The zero-order valence-electron chi connectivity index (χ0n) is 11.5. The predicted octanol–water partition coefficient (Wildman–Crippen LogP) is 4.64. The number of halogens is 2. The van der Waals surface area contributed by atoms with Crippen molar-refractivity contribution in [2.24, 2.45) is 10.9 Å². The van der Waals surface area contributed by atoms with Gasteiger partial charge in [-0.1, -0.05) is 13.8 Å². The quantitative estimate of drug-likeness (QED) is 0.729. The van der Waals surface area contributed by atoms with Crippen LogP contribution in [0.5, 0.6) is 0 Å². The van der Waals surface area contributed by atoms with E-state index in [1.165, 1.54) is 0 Å². The highest BCUT2D eigenvalue weighted by Crippen LogP contribution is 2.27. The van der Waals surface area contributed by atoms with Crippen molar-refractivity contribution < 1.29 is 4.39 Å². The van der Waals surface area contributed by atoms with Gasteiger partial charge in [0.2, 0.25) is 0 Å². The minimum Gasteiger partial charge on any atom is -0.347 e. The molecule has 0 bridgehead atoms. The molecule has 0 atom stereocenters. The summed E-state index contributed by atoms with van der Waals surface area (Å²) in [6, 6.07) is 3.42. The van der Waals surface area contributed by atoms with Gasteiger partial charge in [0.1, 0.15) is 5.82 Å². The third-order valence-electron chi connectivity index (χ3n) is 2.93. The SMILES string of the molecule is CC/N=C/c1cn(CC(C)C)c2cc(Br)c(F)cc12. The largest absolute Gasteiger partial charge is 0.347 e. The summed E-state index contributed by atoms with van der Waals surface area (Å²) < 4.78 is 16.4. The first kappa shape index (κ1) is 14.3. The van der Waals surface area contributed by atoms with Crippen LogP contribution < -0.4 is 0 Å². The van der Waals surface area contributed by atoms with Gasteiger partial charge in [-0.15, -0.1) is 0 Å². The van der Waals surface area contributed by atoms with Crippen molar-refractivity contribution in [3.8, 4) is 0 Å². The summed E-state index contributed by atoms with van der Waals surface area (Å²) in [5.74, 6) is 0.302. The van der Waals surface area contributed by atoms with E-state index in [9.17, 15) is 4.39 Å². The minimum atomic E-state index is -0.235. The first-order chi connectivity index (χ1) is 9.02. The van der Waals surface area contributed by atoms with Gasteiger partial charge in [0, 0.05) is 36.5 Å². The average molecular weight is 325 g/mol. The molecule has 19 heavy (non-hydrogen) atoms. The van der Waals surface area contributed by atoms with Crippen LogP contribution in [0.25, 0.3) is 10.9 Å². The van der Waals surface area contributed by atoms with Crippen LogP contribution in [0, 0.1) is 11.7 Å². The van der Waals surface area contributed by atoms with Crippen LogP contribution in [0.15, 0.2) is 27.8 Å². The molecule has 1 aromatic carbocycles. The van der Waals surface area contributed by atoms with Crippen molar-refractivity contribution in [1.82, 2.24) is 4.57 Å². The van der Waals surface area contributed by atoms with E-state index in [1.54, 1.807) is 6.07 Å². The Balaban J connectivity index is 2.62. The van der Waals surface area contributed by atoms with Gasteiger partial charge in [-0.3, -0.25) is 4.99 Å². The van der Waals surface area contributed by atoms with E-state index in [-0.39, 0.29) is 5.82 Å². The molecule has 1 aromatic heterocycles. The highest BCUT2D eigenvalue weighted by molar-refractivity contribution is 9.10. The Kier molecular flexibility index (Phi) is 4.40. The van der Waals surface area contributed by atoms with Crippen LogP contribution >= 0.6 is 15.9 Å². The number of aromatic nitrogens is 1. The molecule has 0 radical (unpaired) electrons. The Labute approximate surface area is 121 Å². The van der Waals surface area contributed by atoms with Gasteiger partial charge in [-0.2, -0.15) is 0 Å². The van der Waals surface area contributed by atoms with Crippen molar-refractivity contribution in [3.05, 3.63) is 34.2 Å². The Bertz CT molecular complexity index is 614. The fraction of sp³-hybridized carbons (Fsp3) is 0.400. The van der Waals surface area contributed by atoms with Crippen LogP contribution in [-0.2, 0) is 6.54 Å². The van der Waals surface area contributed by atoms with Gasteiger partial charge in [-0.25, -0.2) is 4.39 Å². The van der Waals surface area contributed by atoms with Crippen molar-refractivity contribution in [2.45, 2.75) is 27.3 Å². The third-order valence-corrected chi connectivity index (χ3v) is 3.54. The van der Waals surface area contributed by atoms with Crippen molar-refractivity contribution in [3.63, 3.8) is 0 Å². The molecule has 0 N–H and O–H groups in total. The maximum Gasteiger partial charge on any atom is 0.138 e. The summed E-state index contributed by atoms with van der Waals surface area (Å²) in [5, 5.41) is 0.915. The molecule has 4 heteroatoms. The molecule has 0 spiro atoms. The van der Waals surface area contributed by atoms with Gasteiger partial charge in [0.25, 0.3) is 0 Å². The Morgan fingerprint density at radius 1 is 1.42 bits per heavy atom. The molecule has 0 saturated heterocycles. The van der Waals surface area contributed by atoms with E-state index in [0.717, 1.165) is 29.6 Å². The second-order valence-corrected chi connectivity index (χ2v) is 5.90. The normalized spacial score (nSPS) is 12.1. The summed E-state index contributed by atoms with van der Waals surface area (Å²) in [5.41, 5.74) is 2.02. The number of nitrogens with zero attached hydrogens (tertiary/aromatic N) is 2. The van der Waals surface area contributed by atoms with E-state index in [4.69, 9.17) is 0 Å². The molecule has 1 heterocycles. The Morgan fingerprint density at radius 2 is 2.16 bits per heavy atom. The summed E-state index contributed by atoms with van der Waals surface area (Å²) >= 11 is 3.26. The summed E-state index contributed by atoms with van der Waals surface area (Å²) in [4.78, 5) is 4.26. The second kappa shape index (κ2) is 5.87. The van der Waals surface area contributed by atoms with E-state index in [0.29, 0.717) is 10.4 Å². The maximum absolute atomic E-state index is 13.7. The number of hydrogen-bond acceptors (Lipinski definition) is 1. The molecule has 0 fully saturated rings. The smallest absolute Gasteiger partial charge is 0.138 e. The lowest BCUT2D eigenvalue weighted by Gasteiger charge is -2.08. The van der Waals surface area contributed by atoms with Crippen LogP contribution in [0.1, 0.15) is 26.3 Å². The number of aliphatic imine (C=N–C) groups is 1. The maximum atomic E-state index is 13.7. The summed E-state index contributed by atoms with van der Waals surface area (Å²) in [6.45, 7) is 7.97. The zero-order valence-corrected chi connectivity index (χ0v) is 13.0. The molecule has 0 amide bonds. The van der Waals surface area contributed by atoms with Crippen LogP contribution in [0.3, 0.4) is 0 Å². The monoisotopic (exact) mass is 324 g/mol. The van der Waals surface area contributed by atoms with E-state index < -0.39 is 0 Å². The van der Waals surface area contributed by atoms with Crippen molar-refractivity contribution in [2.75, 3.05) is 6.54 Å². The number of benzene rings is 1. The van der Waals surface area contributed by atoms with E-state index >= 15 is 0 Å². The lowest BCUT2D eigenvalue weighted by molar-refractivity contribution is 0.535. The van der Waals surface area contributed by atoms with Gasteiger partial charge in [-0.05, 0) is 40.9 Å². The van der Waals surface area contributed by atoms with Gasteiger partial charge < -0.3 is 4.57 Å². The fourth-order valence-electron chi connectivity index (χ4n) is 2.15. The van der Waals surface area contributed by atoms with Crippen molar-refractivity contribution in [1.29, 1.82) is 0 Å². The molecule has 2 aromatic rings. The molecule has 0 saturated carbocycles. The lowest BCUT2D eigenvalue weighted by atomic mass is 10.2. The number of rotatable bonds is 4. The first-order valence-corrected chi connectivity index (χ1v) is 7.30. The molecule has 0 aliphatic heterocycles. The molecule has 2 rings (SSSR count). The molecule has 0 aliphatic rings. The van der Waals surface area contributed by atoms with Gasteiger partial charge in [0.05, 0.1) is 9.99 Å². The van der Waals surface area contributed by atoms with Gasteiger partial charge in [0.15, 0.2) is 0 Å². The second-order valence-electron chi connectivity index (χ2n) is 5.04. The molecular weight excluding hydrogens is 307 g/mol. The minimum absolute atomic E-state index is 0.235. The predicted molar refractivity (Wildman–Crippen MR) is 82.6 cm³/mol. The lowest BCUT2D eigenvalue weighted by Crippen LogP contribution is -2.02. The van der Waals surface area contributed by atoms with Crippen LogP contribution in [-0.4, -0.2) is 17.3 Å². The van der Waals surface area contributed by atoms with Gasteiger partial charge >= 0.3 is 0 Å². The number of hydrogen-bond donors (Lipinski definition) is 0. The topological polar surface area (TPSA) is 17.3 Å². The molecule has 0 unspecified atom stereocenters. The molecule has 102 valence electrons. The highest BCUT2D eigenvalue weighted by Gasteiger charge is 2.11. The standard InChI is InChI=1S/C15H18BrFN2/c1-4-18-7-11-9-19(8-10(2)3)15-6-13(16)14(17)5-12(11)15/h5-7,9-10H,4,8H2,1-3H3/b18-7+. The van der Waals surface area contributed by atoms with Crippen LogP contribution in [0.2, 0.25) is 0 Å². The number of fused-ring (bicyclic) bond motifs is 1. The third kappa shape index (κ3) is 3.06. The summed E-state index contributed by atoms with van der Waals surface area (Å²) in [7, 11) is 0. The van der Waals surface area contributed by atoms with Crippen LogP contribution in [0.4, 0.5) is 4.39 Å². The molecule has 0 aliphatic carbocycles. The fourth-order valence-corrected chi connectivity index (χ4v) is 2.48. The zero-order chi connectivity index (χ0) is 14.0. The Hall–Kier alpha value is -1.16. The molecule has 2 nitrogen and oxygen atoms in total. The van der Waals surface area contributed by atoms with E-state index in [1.807, 2.05) is 19.2 Å².